The van der Waals surface area contributed by atoms with Crippen LogP contribution in [0, 0.1) is 28.6 Å². The van der Waals surface area contributed by atoms with Gasteiger partial charge in [0.25, 0.3) is 0 Å². The van der Waals surface area contributed by atoms with Gasteiger partial charge < -0.3 is 10.2 Å². The van der Waals surface area contributed by atoms with Crippen molar-refractivity contribution in [2.24, 2.45) is 17.3 Å². The Morgan fingerprint density at radius 1 is 1.30 bits per heavy atom. The normalized spacial score (nSPS) is 31.0. The lowest BCUT2D eigenvalue weighted by Crippen LogP contribution is -2.40. The first-order valence-corrected chi connectivity index (χ1v) is 8.52. The summed E-state index contributed by atoms with van der Waals surface area (Å²) in [6.45, 7) is 4.19. The molecule has 1 aliphatic carbocycles. The SMILES string of the molecule is CC1CCC2(CC1)CN(C)CC2C(=O)Nc1ccc(C#N)cc1. The Balaban J connectivity index is 1.73. The number of likely N-dealkylation sites (tertiary alicyclic amines) is 1. The first-order valence-electron chi connectivity index (χ1n) is 8.52. The van der Waals surface area contributed by atoms with Gasteiger partial charge in [0.05, 0.1) is 17.6 Å². The van der Waals surface area contributed by atoms with Crippen LogP contribution in [0.4, 0.5) is 5.69 Å². The van der Waals surface area contributed by atoms with Crippen molar-refractivity contribution >= 4 is 11.6 Å². The van der Waals surface area contributed by atoms with Crippen LogP contribution in [-0.4, -0.2) is 30.9 Å². The summed E-state index contributed by atoms with van der Waals surface area (Å²) in [6, 6.07) is 9.21. The van der Waals surface area contributed by atoms with Gasteiger partial charge >= 0.3 is 0 Å². The summed E-state index contributed by atoms with van der Waals surface area (Å²) in [5.74, 6) is 0.984. The van der Waals surface area contributed by atoms with Crippen molar-refractivity contribution in [3.8, 4) is 6.07 Å². The van der Waals surface area contributed by atoms with Crippen molar-refractivity contribution in [1.82, 2.24) is 4.90 Å². The molecule has 4 nitrogen and oxygen atoms in total. The molecule has 122 valence electrons. The maximum atomic E-state index is 12.9. The van der Waals surface area contributed by atoms with E-state index in [1.165, 1.54) is 12.8 Å². The molecule has 2 aliphatic rings. The second-order valence-corrected chi connectivity index (χ2v) is 7.47. The Hall–Kier alpha value is -1.86. The van der Waals surface area contributed by atoms with Crippen molar-refractivity contribution in [2.45, 2.75) is 32.6 Å². The maximum absolute atomic E-state index is 12.9. The standard InChI is InChI=1S/C19H25N3O/c1-14-7-9-19(10-8-14)13-22(2)12-17(19)18(23)21-16-5-3-15(11-20)4-6-16/h3-6,14,17H,7-10,12-13H2,1-2H3,(H,21,23). The lowest BCUT2D eigenvalue weighted by atomic mass is 9.65. The molecule has 1 spiro atoms. The van der Waals surface area contributed by atoms with E-state index in [0.717, 1.165) is 37.5 Å². The molecule has 1 atom stereocenters. The first kappa shape index (κ1) is 16.0. The molecule has 3 rings (SSSR count). The minimum Gasteiger partial charge on any atom is -0.326 e. The monoisotopic (exact) mass is 311 g/mol. The van der Waals surface area contributed by atoms with Gasteiger partial charge in [-0.25, -0.2) is 0 Å². The molecule has 1 unspecified atom stereocenters. The fourth-order valence-corrected chi connectivity index (χ4v) is 4.28. The van der Waals surface area contributed by atoms with E-state index in [-0.39, 0.29) is 17.2 Å². The zero-order valence-electron chi connectivity index (χ0n) is 14.0. The van der Waals surface area contributed by atoms with Crippen LogP contribution in [0.3, 0.4) is 0 Å². The third-order valence-corrected chi connectivity index (χ3v) is 5.69. The number of hydrogen-bond donors (Lipinski definition) is 1. The van der Waals surface area contributed by atoms with E-state index in [0.29, 0.717) is 5.56 Å². The molecule has 4 heteroatoms. The van der Waals surface area contributed by atoms with E-state index in [1.807, 2.05) is 12.1 Å². The quantitative estimate of drug-likeness (QED) is 0.912. The van der Waals surface area contributed by atoms with Crippen LogP contribution in [0.15, 0.2) is 24.3 Å². The summed E-state index contributed by atoms with van der Waals surface area (Å²) in [4.78, 5) is 15.2. The van der Waals surface area contributed by atoms with Gasteiger partial charge in [-0.05, 0) is 55.5 Å². The average molecular weight is 311 g/mol. The van der Waals surface area contributed by atoms with Crippen LogP contribution >= 0.6 is 0 Å². The Labute approximate surface area is 138 Å². The summed E-state index contributed by atoms with van der Waals surface area (Å²) in [5.41, 5.74) is 1.54. The molecule has 0 radical (unpaired) electrons. The molecule has 1 amide bonds. The van der Waals surface area contributed by atoms with Crippen molar-refractivity contribution < 1.29 is 4.79 Å². The highest BCUT2D eigenvalue weighted by atomic mass is 16.2. The fourth-order valence-electron chi connectivity index (χ4n) is 4.28. The van der Waals surface area contributed by atoms with Gasteiger partial charge in [0, 0.05) is 18.8 Å². The van der Waals surface area contributed by atoms with E-state index in [1.54, 1.807) is 12.1 Å². The molecule has 1 aliphatic heterocycles. The third kappa shape index (κ3) is 3.25. The molecule has 1 aromatic carbocycles. The smallest absolute Gasteiger partial charge is 0.229 e. The fraction of sp³-hybridized carbons (Fsp3) is 0.579. The van der Waals surface area contributed by atoms with Crippen LogP contribution in [0.1, 0.15) is 38.2 Å². The summed E-state index contributed by atoms with van der Waals surface area (Å²) in [6.07, 6.45) is 4.77. The summed E-state index contributed by atoms with van der Waals surface area (Å²) >= 11 is 0. The molecule has 0 bridgehead atoms. The molecular formula is C19H25N3O. The summed E-state index contributed by atoms with van der Waals surface area (Å²) in [7, 11) is 2.12. The lowest BCUT2D eigenvalue weighted by Gasteiger charge is -2.39. The number of carbonyl (C=O) groups excluding carboxylic acids is 1. The van der Waals surface area contributed by atoms with E-state index >= 15 is 0 Å². The molecule has 23 heavy (non-hydrogen) atoms. The highest BCUT2D eigenvalue weighted by Crippen LogP contribution is 2.48. The van der Waals surface area contributed by atoms with Crippen LogP contribution < -0.4 is 5.32 Å². The van der Waals surface area contributed by atoms with Gasteiger partial charge in [-0.15, -0.1) is 0 Å². The third-order valence-electron chi connectivity index (χ3n) is 5.69. The molecule has 1 heterocycles. The second kappa shape index (κ2) is 6.33. The molecule has 1 saturated carbocycles. The topological polar surface area (TPSA) is 56.1 Å². The van der Waals surface area contributed by atoms with Crippen molar-refractivity contribution in [3.05, 3.63) is 29.8 Å². The van der Waals surface area contributed by atoms with Crippen molar-refractivity contribution in [1.29, 1.82) is 5.26 Å². The van der Waals surface area contributed by atoms with Crippen molar-refractivity contribution in [3.63, 3.8) is 0 Å². The first-order chi connectivity index (χ1) is 11.0. The molecule has 1 aromatic rings. The summed E-state index contributed by atoms with van der Waals surface area (Å²) < 4.78 is 0. The van der Waals surface area contributed by atoms with E-state index in [2.05, 4.69) is 30.3 Å². The molecule has 1 N–H and O–H groups in total. The largest absolute Gasteiger partial charge is 0.326 e. The number of rotatable bonds is 2. The number of nitrogens with zero attached hydrogens (tertiary/aromatic N) is 2. The molecule has 0 aromatic heterocycles. The number of anilines is 1. The minimum atomic E-state index is 0.0654. The number of amides is 1. The Kier molecular flexibility index (Phi) is 4.41. The number of hydrogen-bond acceptors (Lipinski definition) is 3. The predicted octanol–water partition coefficient (Wildman–Crippen LogP) is 3.25. The zero-order chi connectivity index (χ0) is 16.4. The maximum Gasteiger partial charge on any atom is 0.229 e. The van der Waals surface area contributed by atoms with Crippen LogP contribution in [-0.2, 0) is 4.79 Å². The van der Waals surface area contributed by atoms with Gasteiger partial charge in [-0.1, -0.05) is 19.8 Å². The Morgan fingerprint density at radius 2 is 1.96 bits per heavy atom. The van der Waals surface area contributed by atoms with Gasteiger partial charge in [-0.2, -0.15) is 5.26 Å². The molecule has 1 saturated heterocycles. The minimum absolute atomic E-state index is 0.0654. The Morgan fingerprint density at radius 3 is 2.57 bits per heavy atom. The second-order valence-electron chi connectivity index (χ2n) is 7.47. The van der Waals surface area contributed by atoms with Crippen LogP contribution in [0.5, 0.6) is 0 Å². The van der Waals surface area contributed by atoms with E-state index < -0.39 is 0 Å². The van der Waals surface area contributed by atoms with Gasteiger partial charge in [0.15, 0.2) is 0 Å². The van der Waals surface area contributed by atoms with Crippen LogP contribution in [0.25, 0.3) is 0 Å². The zero-order valence-corrected chi connectivity index (χ0v) is 14.0. The van der Waals surface area contributed by atoms with Crippen LogP contribution in [0.2, 0.25) is 0 Å². The highest BCUT2D eigenvalue weighted by Gasteiger charge is 2.49. The number of nitriles is 1. The molecule has 2 fully saturated rings. The highest BCUT2D eigenvalue weighted by molar-refractivity contribution is 5.93. The molecular weight excluding hydrogens is 286 g/mol. The number of benzene rings is 1. The Bertz CT molecular complexity index is 608. The van der Waals surface area contributed by atoms with Gasteiger partial charge in [0.1, 0.15) is 0 Å². The van der Waals surface area contributed by atoms with E-state index in [9.17, 15) is 4.79 Å². The summed E-state index contributed by atoms with van der Waals surface area (Å²) in [5, 5.41) is 11.9. The van der Waals surface area contributed by atoms with Crippen molar-refractivity contribution in [2.75, 3.05) is 25.5 Å². The average Bonchev–Trinajstić information content (AvgIpc) is 2.88. The number of carbonyl (C=O) groups is 1. The lowest BCUT2D eigenvalue weighted by molar-refractivity contribution is -0.123. The number of nitrogens with one attached hydrogen (secondary N) is 1. The van der Waals surface area contributed by atoms with Gasteiger partial charge in [-0.3, -0.25) is 4.79 Å². The van der Waals surface area contributed by atoms with E-state index in [4.69, 9.17) is 5.26 Å². The van der Waals surface area contributed by atoms with Gasteiger partial charge in [0.2, 0.25) is 5.91 Å². The predicted molar refractivity (Wildman–Crippen MR) is 90.8 cm³/mol.